The van der Waals surface area contributed by atoms with Gasteiger partial charge in [0.1, 0.15) is 11.6 Å². The van der Waals surface area contributed by atoms with Crippen LogP contribution in [0, 0.1) is 12.7 Å². The van der Waals surface area contributed by atoms with Crippen LogP contribution >= 0.6 is 0 Å². The van der Waals surface area contributed by atoms with Crippen molar-refractivity contribution in [2.45, 2.75) is 58.2 Å². The maximum Gasteiger partial charge on any atom is 0.223 e. The summed E-state index contributed by atoms with van der Waals surface area (Å²) in [4.78, 5) is 14.8. The standard InChI is InChI=1S/C20H26FN5O/c1-14-12-15(7-8-16(14)21)4-2-6-19(27)25-10-3-5-17(25)20-24-23-18-13-22-9-11-26(18)20/h7-8,12,17,22H,2-6,9-11,13H2,1H3. The van der Waals surface area contributed by atoms with E-state index in [-0.39, 0.29) is 17.8 Å². The van der Waals surface area contributed by atoms with Crippen molar-refractivity contribution in [1.82, 2.24) is 25.0 Å². The van der Waals surface area contributed by atoms with Gasteiger partial charge in [0.25, 0.3) is 0 Å². The van der Waals surface area contributed by atoms with E-state index in [2.05, 4.69) is 20.1 Å². The number of fused-ring (bicyclic) bond motifs is 1. The van der Waals surface area contributed by atoms with E-state index in [0.717, 1.165) is 69.1 Å². The van der Waals surface area contributed by atoms with E-state index in [1.54, 1.807) is 6.92 Å². The van der Waals surface area contributed by atoms with Gasteiger partial charge in [-0.15, -0.1) is 10.2 Å². The molecule has 0 bridgehead atoms. The van der Waals surface area contributed by atoms with Gasteiger partial charge in [0.2, 0.25) is 5.91 Å². The predicted octanol–water partition coefficient (Wildman–Crippen LogP) is 2.52. The van der Waals surface area contributed by atoms with Crippen molar-refractivity contribution in [3.8, 4) is 0 Å². The zero-order chi connectivity index (χ0) is 18.8. The lowest BCUT2D eigenvalue weighted by atomic mass is 10.0. The molecule has 6 nitrogen and oxygen atoms in total. The van der Waals surface area contributed by atoms with Crippen LogP contribution in [0.3, 0.4) is 0 Å². The maximum atomic E-state index is 13.4. The lowest BCUT2D eigenvalue weighted by Gasteiger charge is -2.26. The molecule has 1 atom stereocenters. The van der Waals surface area contributed by atoms with Crippen LogP contribution in [-0.2, 0) is 24.3 Å². The fourth-order valence-corrected chi connectivity index (χ4v) is 4.14. The number of hydrogen-bond donors (Lipinski definition) is 1. The van der Waals surface area contributed by atoms with Gasteiger partial charge in [-0.05, 0) is 49.8 Å². The Morgan fingerprint density at radius 2 is 2.22 bits per heavy atom. The Balaban J connectivity index is 1.38. The van der Waals surface area contributed by atoms with Gasteiger partial charge in [-0.3, -0.25) is 4.79 Å². The average molecular weight is 371 g/mol. The number of rotatable bonds is 5. The van der Waals surface area contributed by atoms with Gasteiger partial charge in [-0.1, -0.05) is 12.1 Å². The van der Waals surface area contributed by atoms with Crippen LogP contribution in [-0.4, -0.2) is 38.7 Å². The van der Waals surface area contributed by atoms with Crippen molar-refractivity contribution >= 4 is 5.91 Å². The normalized spacial score (nSPS) is 19.3. The van der Waals surface area contributed by atoms with Crippen LogP contribution in [0.1, 0.15) is 54.5 Å². The first kappa shape index (κ1) is 18.1. The Bertz CT molecular complexity index is 834. The monoisotopic (exact) mass is 371 g/mol. The van der Waals surface area contributed by atoms with E-state index in [9.17, 15) is 9.18 Å². The van der Waals surface area contributed by atoms with Crippen molar-refractivity contribution in [3.63, 3.8) is 0 Å². The van der Waals surface area contributed by atoms with Crippen molar-refractivity contribution < 1.29 is 9.18 Å². The summed E-state index contributed by atoms with van der Waals surface area (Å²) in [5.41, 5.74) is 1.74. The van der Waals surface area contributed by atoms with Crippen LogP contribution in [0.2, 0.25) is 0 Å². The third-order valence-electron chi connectivity index (χ3n) is 5.60. The number of nitrogens with zero attached hydrogens (tertiary/aromatic N) is 4. The Kier molecular flexibility index (Phi) is 5.20. The van der Waals surface area contributed by atoms with Gasteiger partial charge in [-0.25, -0.2) is 4.39 Å². The first-order valence-corrected chi connectivity index (χ1v) is 9.80. The van der Waals surface area contributed by atoms with Gasteiger partial charge >= 0.3 is 0 Å². The van der Waals surface area contributed by atoms with Crippen LogP contribution < -0.4 is 5.32 Å². The molecular formula is C20H26FN5O. The molecule has 0 radical (unpaired) electrons. The minimum absolute atomic E-state index is 0.0462. The summed E-state index contributed by atoms with van der Waals surface area (Å²) in [6.45, 7) is 5.08. The fourth-order valence-electron chi connectivity index (χ4n) is 4.14. The summed E-state index contributed by atoms with van der Waals surface area (Å²) < 4.78 is 15.5. The second-order valence-electron chi connectivity index (χ2n) is 7.49. The Hall–Kier alpha value is -2.28. The third-order valence-corrected chi connectivity index (χ3v) is 5.60. The second kappa shape index (κ2) is 7.76. The number of benzene rings is 1. The summed E-state index contributed by atoms with van der Waals surface area (Å²) in [7, 11) is 0. The average Bonchev–Trinajstić information content (AvgIpc) is 3.31. The van der Waals surface area contributed by atoms with Gasteiger partial charge in [0, 0.05) is 26.1 Å². The molecule has 0 aliphatic carbocycles. The lowest BCUT2D eigenvalue weighted by Crippen LogP contribution is -2.34. The summed E-state index contributed by atoms with van der Waals surface area (Å²) in [6, 6.07) is 5.23. The summed E-state index contributed by atoms with van der Waals surface area (Å²) in [6.07, 6.45) is 4.03. The zero-order valence-electron chi connectivity index (χ0n) is 15.7. The molecule has 1 unspecified atom stereocenters. The molecule has 144 valence electrons. The molecule has 1 fully saturated rings. The molecule has 1 aromatic heterocycles. The number of carbonyl (C=O) groups is 1. The number of aryl methyl sites for hydroxylation is 2. The number of carbonyl (C=O) groups excluding carboxylic acids is 1. The number of likely N-dealkylation sites (tertiary alicyclic amines) is 1. The van der Waals surface area contributed by atoms with E-state index in [1.165, 1.54) is 6.07 Å². The molecule has 0 spiro atoms. The number of amides is 1. The maximum absolute atomic E-state index is 13.4. The smallest absolute Gasteiger partial charge is 0.223 e. The predicted molar refractivity (Wildman–Crippen MR) is 99.5 cm³/mol. The third kappa shape index (κ3) is 3.74. The topological polar surface area (TPSA) is 63.1 Å². The zero-order valence-corrected chi connectivity index (χ0v) is 15.7. The second-order valence-corrected chi connectivity index (χ2v) is 7.49. The molecule has 7 heteroatoms. The molecule has 27 heavy (non-hydrogen) atoms. The summed E-state index contributed by atoms with van der Waals surface area (Å²) in [5, 5.41) is 12.0. The van der Waals surface area contributed by atoms with Crippen molar-refractivity contribution in [2.24, 2.45) is 0 Å². The number of nitrogens with one attached hydrogen (secondary N) is 1. The molecular weight excluding hydrogens is 345 g/mol. The highest BCUT2D eigenvalue weighted by molar-refractivity contribution is 5.77. The van der Waals surface area contributed by atoms with E-state index >= 15 is 0 Å². The SMILES string of the molecule is Cc1cc(CCCC(=O)N2CCCC2c2nnc3n2CCNC3)ccc1F. The highest BCUT2D eigenvalue weighted by Crippen LogP contribution is 2.32. The Labute approximate surface area is 158 Å². The largest absolute Gasteiger partial charge is 0.332 e. The first-order chi connectivity index (χ1) is 13.1. The molecule has 1 N–H and O–H groups in total. The highest BCUT2D eigenvalue weighted by atomic mass is 19.1. The molecule has 0 saturated carbocycles. The van der Waals surface area contributed by atoms with Gasteiger partial charge in [-0.2, -0.15) is 0 Å². The summed E-state index contributed by atoms with van der Waals surface area (Å²) >= 11 is 0. The van der Waals surface area contributed by atoms with Gasteiger partial charge in [0.05, 0.1) is 12.6 Å². The minimum Gasteiger partial charge on any atom is -0.332 e. The number of aromatic nitrogens is 3. The Morgan fingerprint density at radius 1 is 1.33 bits per heavy atom. The van der Waals surface area contributed by atoms with Crippen LogP contribution in [0.4, 0.5) is 4.39 Å². The molecule has 4 rings (SSSR count). The molecule has 2 aromatic rings. The number of halogens is 1. The van der Waals surface area contributed by atoms with E-state index < -0.39 is 0 Å². The van der Waals surface area contributed by atoms with E-state index in [0.29, 0.717) is 12.0 Å². The first-order valence-electron chi connectivity index (χ1n) is 9.80. The molecule has 1 aromatic carbocycles. The van der Waals surface area contributed by atoms with E-state index in [4.69, 9.17) is 0 Å². The fraction of sp³-hybridized carbons (Fsp3) is 0.550. The van der Waals surface area contributed by atoms with Crippen molar-refractivity contribution in [3.05, 3.63) is 46.8 Å². The van der Waals surface area contributed by atoms with Gasteiger partial charge in [0.15, 0.2) is 5.82 Å². The molecule has 3 heterocycles. The molecule has 2 aliphatic heterocycles. The quantitative estimate of drug-likeness (QED) is 0.877. The van der Waals surface area contributed by atoms with Gasteiger partial charge < -0.3 is 14.8 Å². The lowest BCUT2D eigenvalue weighted by molar-refractivity contribution is -0.132. The highest BCUT2D eigenvalue weighted by Gasteiger charge is 2.34. The van der Waals surface area contributed by atoms with Crippen molar-refractivity contribution in [2.75, 3.05) is 13.1 Å². The van der Waals surface area contributed by atoms with E-state index in [1.807, 2.05) is 17.0 Å². The van der Waals surface area contributed by atoms with Crippen molar-refractivity contribution in [1.29, 1.82) is 0 Å². The minimum atomic E-state index is -0.179. The molecule has 1 amide bonds. The molecule has 1 saturated heterocycles. The Morgan fingerprint density at radius 3 is 3.07 bits per heavy atom. The van der Waals surface area contributed by atoms with Crippen LogP contribution in [0.25, 0.3) is 0 Å². The number of hydrogen-bond acceptors (Lipinski definition) is 4. The van der Waals surface area contributed by atoms with Crippen LogP contribution in [0.15, 0.2) is 18.2 Å². The van der Waals surface area contributed by atoms with Crippen LogP contribution in [0.5, 0.6) is 0 Å². The molecule has 2 aliphatic rings. The summed E-state index contributed by atoms with van der Waals surface area (Å²) in [5.74, 6) is 1.90.